The number of nitrogens with one attached hydrogen (secondary N) is 1. The summed E-state index contributed by atoms with van der Waals surface area (Å²) in [6.07, 6.45) is 0. The standard InChI is InChI=1S/C14H21NO3/c1-4-15-9-11(2)14(16)18-10-12-5-7-13(17-3)8-6-12/h5-8,11,15H,4,9-10H2,1-3H3. The molecule has 18 heavy (non-hydrogen) atoms. The second-order valence-corrected chi connectivity index (χ2v) is 4.16. The molecular weight excluding hydrogens is 230 g/mol. The first-order valence-corrected chi connectivity index (χ1v) is 6.17. The van der Waals surface area contributed by atoms with Crippen molar-refractivity contribution >= 4 is 5.97 Å². The number of benzene rings is 1. The van der Waals surface area contributed by atoms with Crippen LogP contribution in [0.4, 0.5) is 0 Å². The quantitative estimate of drug-likeness (QED) is 0.753. The van der Waals surface area contributed by atoms with E-state index in [2.05, 4.69) is 5.32 Å². The van der Waals surface area contributed by atoms with Gasteiger partial charge in [0, 0.05) is 6.54 Å². The van der Waals surface area contributed by atoms with Gasteiger partial charge in [-0.3, -0.25) is 4.79 Å². The third-order valence-electron chi connectivity index (χ3n) is 2.64. The fourth-order valence-electron chi connectivity index (χ4n) is 1.46. The Bertz CT molecular complexity index is 362. The molecule has 0 spiro atoms. The summed E-state index contributed by atoms with van der Waals surface area (Å²) in [5, 5.41) is 3.12. The first-order chi connectivity index (χ1) is 8.67. The van der Waals surface area contributed by atoms with Crippen molar-refractivity contribution in [2.45, 2.75) is 20.5 Å². The maximum atomic E-state index is 11.7. The lowest BCUT2D eigenvalue weighted by Crippen LogP contribution is -2.27. The average Bonchev–Trinajstić information content (AvgIpc) is 2.42. The summed E-state index contributed by atoms with van der Waals surface area (Å²) in [5.74, 6) is 0.501. The van der Waals surface area contributed by atoms with E-state index in [1.54, 1.807) is 7.11 Å². The summed E-state index contributed by atoms with van der Waals surface area (Å²) >= 11 is 0. The van der Waals surface area contributed by atoms with Crippen LogP contribution in [0, 0.1) is 5.92 Å². The predicted molar refractivity (Wildman–Crippen MR) is 70.5 cm³/mol. The highest BCUT2D eigenvalue weighted by Crippen LogP contribution is 2.12. The minimum atomic E-state index is -0.174. The Labute approximate surface area is 108 Å². The van der Waals surface area contributed by atoms with Gasteiger partial charge in [-0.2, -0.15) is 0 Å². The van der Waals surface area contributed by atoms with Crippen LogP contribution in [0.5, 0.6) is 5.75 Å². The molecule has 0 saturated heterocycles. The largest absolute Gasteiger partial charge is 0.497 e. The van der Waals surface area contributed by atoms with Gasteiger partial charge in [-0.05, 0) is 24.2 Å². The minimum absolute atomic E-state index is 0.122. The van der Waals surface area contributed by atoms with Gasteiger partial charge in [0.05, 0.1) is 13.0 Å². The van der Waals surface area contributed by atoms with Crippen LogP contribution in [0.15, 0.2) is 24.3 Å². The molecule has 0 fully saturated rings. The molecule has 1 rings (SSSR count). The van der Waals surface area contributed by atoms with Crippen molar-refractivity contribution in [1.82, 2.24) is 5.32 Å². The number of methoxy groups -OCH3 is 1. The summed E-state index contributed by atoms with van der Waals surface area (Å²) in [6.45, 7) is 5.68. The Hall–Kier alpha value is -1.55. The van der Waals surface area contributed by atoms with Gasteiger partial charge < -0.3 is 14.8 Å². The molecule has 1 aromatic carbocycles. The number of carbonyl (C=O) groups is 1. The second-order valence-electron chi connectivity index (χ2n) is 4.16. The second kappa shape index (κ2) is 7.71. The Kier molecular flexibility index (Phi) is 6.22. The number of hydrogen-bond donors (Lipinski definition) is 1. The van der Waals surface area contributed by atoms with E-state index in [1.807, 2.05) is 38.1 Å². The Balaban J connectivity index is 2.37. The topological polar surface area (TPSA) is 47.6 Å². The number of rotatable bonds is 7. The van der Waals surface area contributed by atoms with Crippen LogP contribution in [0.3, 0.4) is 0 Å². The lowest BCUT2D eigenvalue weighted by Gasteiger charge is -2.11. The third kappa shape index (κ3) is 4.75. The van der Waals surface area contributed by atoms with Gasteiger partial charge in [-0.1, -0.05) is 26.0 Å². The van der Waals surface area contributed by atoms with Crippen LogP contribution in [-0.2, 0) is 16.1 Å². The zero-order valence-corrected chi connectivity index (χ0v) is 11.2. The summed E-state index contributed by atoms with van der Waals surface area (Å²) < 4.78 is 10.3. The molecule has 1 aromatic rings. The Morgan fingerprint density at radius 1 is 1.33 bits per heavy atom. The van der Waals surface area contributed by atoms with Crippen molar-refractivity contribution in [1.29, 1.82) is 0 Å². The van der Waals surface area contributed by atoms with E-state index in [9.17, 15) is 4.79 Å². The van der Waals surface area contributed by atoms with E-state index in [4.69, 9.17) is 9.47 Å². The summed E-state index contributed by atoms with van der Waals surface area (Å²) in [7, 11) is 1.62. The SMILES string of the molecule is CCNCC(C)C(=O)OCc1ccc(OC)cc1. The van der Waals surface area contributed by atoms with Crippen LogP contribution in [-0.4, -0.2) is 26.2 Å². The van der Waals surface area contributed by atoms with Crippen molar-refractivity contribution in [3.63, 3.8) is 0 Å². The lowest BCUT2D eigenvalue weighted by molar-refractivity contribution is -0.149. The summed E-state index contributed by atoms with van der Waals surface area (Å²) in [6, 6.07) is 7.48. The molecule has 0 amide bonds. The molecule has 0 radical (unpaired) electrons. The molecule has 1 unspecified atom stereocenters. The van der Waals surface area contributed by atoms with E-state index in [0.29, 0.717) is 13.2 Å². The molecule has 0 aliphatic rings. The molecule has 1 atom stereocenters. The Morgan fingerprint density at radius 3 is 2.56 bits per heavy atom. The monoisotopic (exact) mass is 251 g/mol. The molecule has 0 saturated carbocycles. The molecule has 4 heteroatoms. The molecule has 4 nitrogen and oxygen atoms in total. The summed E-state index contributed by atoms with van der Waals surface area (Å²) in [5.41, 5.74) is 0.958. The van der Waals surface area contributed by atoms with E-state index in [1.165, 1.54) is 0 Å². The molecule has 1 N–H and O–H groups in total. The maximum Gasteiger partial charge on any atom is 0.310 e. The van der Waals surface area contributed by atoms with Crippen LogP contribution in [0.2, 0.25) is 0 Å². The number of ether oxygens (including phenoxy) is 2. The van der Waals surface area contributed by atoms with Gasteiger partial charge in [0.25, 0.3) is 0 Å². The van der Waals surface area contributed by atoms with Gasteiger partial charge in [-0.15, -0.1) is 0 Å². The van der Waals surface area contributed by atoms with Crippen molar-refractivity contribution < 1.29 is 14.3 Å². The van der Waals surface area contributed by atoms with Crippen LogP contribution >= 0.6 is 0 Å². The molecule has 0 heterocycles. The summed E-state index contributed by atoms with van der Waals surface area (Å²) in [4.78, 5) is 11.7. The van der Waals surface area contributed by atoms with Crippen molar-refractivity contribution in [2.24, 2.45) is 5.92 Å². The first kappa shape index (κ1) is 14.5. The number of esters is 1. The fourth-order valence-corrected chi connectivity index (χ4v) is 1.46. The number of hydrogen-bond acceptors (Lipinski definition) is 4. The minimum Gasteiger partial charge on any atom is -0.497 e. The normalized spacial score (nSPS) is 11.9. The van der Waals surface area contributed by atoms with Crippen LogP contribution < -0.4 is 10.1 Å². The van der Waals surface area contributed by atoms with Gasteiger partial charge in [-0.25, -0.2) is 0 Å². The lowest BCUT2D eigenvalue weighted by atomic mass is 10.2. The van der Waals surface area contributed by atoms with Crippen molar-refractivity contribution in [2.75, 3.05) is 20.2 Å². The maximum absolute atomic E-state index is 11.7. The number of carbonyl (C=O) groups excluding carboxylic acids is 1. The highest BCUT2D eigenvalue weighted by Gasteiger charge is 2.13. The zero-order chi connectivity index (χ0) is 13.4. The van der Waals surface area contributed by atoms with E-state index in [-0.39, 0.29) is 11.9 Å². The molecule has 0 aromatic heterocycles. The molecule has 100 valence electrons. The smallest absolute Gasteiger partial charge is 0.310 e. The molecular formula is C14H21NO3. The van der Waals surface area contributed by atoms with Gasteiger partial charge in [0.2, 0.25) is 0 Å². The van der Waals surface area contributed by atoms with E-state index >= 15 is 0 Å². The van der Waals surface area contributed by atoms with E-state index < -0.39 is 0 Å². The fraction of sp³-hybridized carbons (Fsp3) is 0.500. The van der Waals surface area contributed by atoms with Crippen molar-refractivity contribution in [3.05, 3.63) is 29.8 Å². The highest BCUT2D eigenvalue weighted by molar-refractivity contribution is 5.72. The molecule has 0 aliphatic heterocycles. The third-order valence-corrected chi connectivity index (χ3v) is 2.64. The molecule has 0 aliphatic carbocycles. The van der Waals surface area contributed by atoms with Gasteiger partial charge in [0.15, 0.2) is 0 Å². The zero-order valence-electron chi connectivity index (χ0n) is 11.2. The van der Waals surface area contributed by atoms with Crippen LogP contribution in [0.25, 0.3) is 0 Å². The van der Waals surface area contributed by atoms with Crippen LogP contribution in [0.1, 0.15) is 19.4 Å². The highest BCUT2D eigenvalue weighted by atomic mass is 16.5. The van der Waals surface area contributed by atoms with E-state index in [0.717, 1.165) is 17.9 Å². The average molecular weight is 251 g/mol. The van der Waals surface area contributed by atoms with Gasteiger partial charge in [0.1, 0.15) is 12.4 Å². The first-order valence-electron chi connectivity index (χ1n) is 6.17. The predicted octanol–water partition coefficient (Wildman–Crippen LogP) is 1.98. The van der Waals surface area contributed by atoms with Crippen molar-refractivity contribution in [3.8, 4) is 5.75 Å². The van der Waals surface area contributed by atoms with Gasteiger partial charge >= 0.3 is 5.97 Å². The Morgan fingerprint density at radius 2 is 2.00 bits per heavy atom. The molecule has 0 bridgehead atoms.